The smallest absolute Gasteiger partial charge is 0.343 e. The third-order valence-corrected chi connectivity index (χ3v) is 2.58. The van der Waals surface area contributed by atoms with Crippen molar-refractivity contribution in [2.45, 2.75) is 31.5 Å². The van der Waals surface area contributed by atoms with E-state index >= 15 is 0 Å². The van der Waals surface area contributed by atoms with E-state index in [0.29, 0.717) is 6.42 Å². The lowest BCUT2D eigenvalue weighted by molar-refractivity contribution is -0.174. The Morgan fingerprint density at radius 1 is 1.38 bits per heavy atom. The number of benzene rings is 1. The summed E-state index contributed by atoms with van der Waals surface area (Å²) in [5.41, 5.74) is -2.03. The molecule has 3 N–H and O–H groups in total. The molecule has 0 radical (unpaired) electrons. The second-order valence-corrected chi connectivity index (χ2v) is 3.74. The van der Waals surface area contributed by atoms with Gasteiger partial charge in [0.15, 0.2) is 0 Å². The second-order valence-electron chi connectivity index (χ2n) is 3.74. The van der Waals surface area contributed by atoms with Gasteiger partial charge in [-0.1, -0.05) is 43.7 Å². The van der Waals surface area contributed by atoms with Crippen LogP contribution in [0.25, 0.3) is 0 Å². The molecule has 0 aliphatic heterocycles. The van der Waals surface area contributed by atoms with Crippen LogP contribution in [0.5, 0.6) is 0 Å². The van der Waals surface area contributed by atoms with Crippen LogP contribution in [0.2, 0.25) is 0 Å². The van der Waals surface area contributed by atoms with Gasteiger partial charge in [0.25, 0.3) is 0 Å². The van der Waals surface area contributed by atoms with Gasteiger partial charge in [0.1, 0.15) is 0 Å². The molecule has 0 heterocycles. The van der Waals surface area contributed by atoms with Gasteiger partial charge in [0.05, 0.1) is 6.10 Å². The molecular formula is C12H16O4. The van der Waals surface area contributed by atoms with Crippen molar-refractivity contribution in [3.05, 3.63) is 35.9 Å². The molecule has 1 aromatic carbocycles. The van der Waals surface area contributed by atoms with E-state index in [2.05, 4.69) is 0 Å². The predicted octanol–water partition coefficient (Wildman–Crippen LogP) is 1.12. The Morgan fingerprint density at radius 3 is 2.38 bits per heavy atom. The van der Waals surface area contributed by atoms with Gasteiger partial charge in [0, 0.05) is 0 Å². The number of carbonyl (C=O) groups is 1. The molecule has 0 aliphatic rings. The lowest BCUT2D eigenvalue weighted by Gasteiger charge is -2.29. The molecule has 1 rings (SSSR count). The molecule has 0 unspecified atom stereocenters. The molecule has 0 saturated heterocycles. The van der Waals surface area contributed by atoms with Gasteiger partial charge < -0.3 is 15.3 Å². The number of aliphatic carboxylic acids is 1. The lowest BCUT2D eigenvalue weighted by atomic mass is 9.86. The highest BCUT2D eigenvalue weighted by Gasteiger charge is 2.44. The Bertz CT molecular complexity index is 349. The number of aliphatic hydroxyl groups excluding tert-OH is 1. The number of aliphatic hydroxyl groups is 2. The maximum Gasteiger partial charge on any atom is 0.343 e. The van der Waals surface area contributed by atoms with Gasteiger partial charge in [0.2, 0.25) is 5.60 Å². The summed E-state index contributed by atoms with van der Waals surface area (Å²) in [6.07, 6.45) is -0.473. The minimum atomic E-state index is -2.22. The fourth-order valence-corrected chi connectivity index (χ4v) is 1.63. The molecule has 4 nitrogen and oxygen atoms in total. The van der Waals surface area contributed by atoms with Gasteiger partial charge in [-0.25, -0.2) is 4.79 Å². The van der Waals surface area contributed by atoms with Crippen LogP contribution >= 0.6 is 0 Å². The first-order chi connectivity index (χ1) is 7.53. The highest BCUT2D eigenvalue weighted by atomic mass is 16.4. The average Bonchev–Trinajstić information content (AvgIpc) is 2.29. The molecule has 88 valence electrons. The van der Waals surface area contributed by atoms with Crippen LogP contribution in [-0.2, 0) is 10.4 Å². The molecular weight excluding hydrogens is 208 g/mol. The average molecular weight is 224 g/mol. The van der Waals surface area contributed by atoms with Gasteiger partial charge in [-0.15, -0.1) is 0 Å². The van der Waals surface area contributed by atoms with Gasteiger partial charge in [-0.3, -0.25) is 0 Å². The number of carboxylic acids is 1. The largest absolute Gasteiger partial charge is 0.479 e. The molecule has 0 aliphatic carbocycles. The molecule has 0 amide bonds. The topological polar surface area (TPSA) is 77.8 Å². The highest BCUT2D eigenvalue weighted by molar-refractivity contribution is 5.80. The van der Waals surface area contributed by atoms with Crippen LogP contribution in [0.15, 0.2) is 30.3 Å². The van der Waals surface area contributed by atoms with Crippen LogP contribution in [0.1, 0.15) is 25.3 Å². The van der Waals surface area contributed by atoms with Crippen LogP contribution in [0.3, 0.4) is 0 Å². The molecule has 1 aromatic rings. The summed E-state index contributed by atoms with van der Waals surface area (Å²) in [6, 6.07) is 7.96. The summed E-state index contributed by atoms with van der Waals surface area (Å²) in [5.74, 6) is -1.43. The van der Waals surface area contributed by atoms with Gasteiger partial charge in [-0.05, 0) is 12.0 Å². The van der Waals surface area contributed by atoms with E-state index in [-0.39, 0.29) is 12.0 Å². The van der Waals surface area contributed by atoms with E-state index in [1.165, 1.54) is 12.1 Å². The van der Waals surface area contributed by atoms with Crippen molar-refractivity contribution in [1.29, 1.82) is 0 Å². The van der Waals surface area contributed by atoms with Crippen molar-refractivity contribution in [2.24, 2.45) is 0 Å². The quantitative estimate of drug-likeness (QED) is 0.700. The van der Waals surface area contributed by atoms with Crippen LogP contribution < -0.4 is 0 Å². The summed E-state index contributed by atoms with van der Waals surface area (Å²) in [6.45, 7) is 1.82. The molecule has 0 saturated carbocycles. The molecule has 4 heteroatoms. The minimum Gasteiger partial charge on any atom is -0.479 e. The molecule has 0 spiro atoms. The molecule has 0 bridgehead atoms. The van der Waals surface area contributed by atoms with Crippen molar-refractivity contribution < 1.29 is 20.1 Å². The first-order valence-corrected chi connectivity index (χ1v) is 5.22. The maximum absolute atomic E-state index is 11.1. The predicted molar refractivity (Wildman–Crippen MR) is 58.9 cm³/mol. The lowest BCUT2D eigenvalue weighted by Crippen LogP contribution is -2.46. The summed E-state index contributed by atoms with van der Waals surface area (Å²) in [5, 5.41) is 28.9. The molecule has 16 heavy (non-hydrogen) atoms. The van der Waals surface area contributed by atoms with E-state index in [4.69, 9.17) is 5.11 Å². The molecule has 0 fully saturated rings. The van der Waals surface area contributed by atoms with Crippen molar-refractivity contribution in [3.63, 3.8) is 0 Å². The van der Waals surface area contributed by atoms with Crippen molar-refractivity contribution in [1.82, 2.24) is 0 Å². The third kappa shape index (κ3) is 2.23. The first-order valence-electron chi connectivity index (χ1n) is 5.22. The van der Waals surface area contributed by atoms with E-state index in [1.807, 2.05) is 6.92 Å². The summed E-state index contributed by atoms with van der Waals surface area (Å²) in [7, 11) is 0. The van der Waals surface area contributed by atoms with Crippen molar-refractivity contribution >= 4 is 5.97 Å². The van der Waals surface area contributed by atoms with E-state index in [9.17, 15) is 15.0 Å². The minimum absolute atomic E-state index is 0.198. The van der Waals surface area contributed by atoms with E-state index in [1.54, 1.807) is 18.2 Å². The fourth-order valence-electron chi connectivity index (χ4n) is 1.63. The second kappa shape index (κ2) is 5.09. The van der Waals surface area contributed by atoms with Crippen LogP contribution in [0.4, 0.5) is 0 Å². The Morgan fingerprint density at radius 2 is 1.94 bits per heavy atom. The molecule has 0 aromatic heterocycles. The number of rotatable bonds is 5. The van der Waals surface area contributed by atoms with Crippen molar-refractivity contribution in [3.8, 4) is 0 Å². The standard InChI is InChI=1S/C12H16O4/c1-2-6-10(13)12(16,11(14)15)9-7-4-3-5-8-9/h3-5,7-8,10,13,16H,2,6H2,1H3,(H,14,15)/t10-,12+/m1/s1. The summed E-state index contributed by atoms with van der Waals surface area (Å²) in [4.78, 5) is 11.1. The Labute approximate surface area is 94.2 Å². The first kappa shape index (κ1) is 12.7. The SMILES string of the molecule is CCC[C@@H](O)[C@](O)(C(=O)O)c1ccccc1. The van der Waals surface area contributed by atoms with E-state index < -0.39 is 17.7 Å². The zero-order valence-electron chi connectivity index (χ0n) is 9.13. The van der Waals surface area contributed by atoms with Crippen LogP contribution in [0, 0.1) is 0 Å². The third-order valence-electron chi connectivity index (χ3n) is 2.58. The van der Waals surface area contributed by atoms with Crippen molar-refractivity contribution in [2.75, 3.05) is 0 Å². The maximum atomic E-state index is 11.1. The number of hydrogen-bond acceptors (Lipinski definition) is 3. The summed E-state index contributed by atoms with van der Waals surface area (Å²) < 4.78 is 0. The Kier molecular flexibility index (Phi) is 4.04. The fraction of sp³-hybridized carbons (Fsp3) is 0.417. The van der Waals surface area contributed by atoms with Gasteiger partial charge in [-0.2, -0.15) is 0 Å². The van der Waals surface area contributed by atoms with Crippen LogP contribution in [-0.4, -0.2) is 27.4 Å². The Hall–Kier alpha value is -1.39. The Balaban J connectivity index is 3.12. The zero-order valence-corrected chi connectivity index (χ0v) is 9.13. The number of carboxylic acid groups (broad SMARTS) is 1. The summed E-state index contributed by atoms with van der Waals surface area (Å²) >= 11 is 0. The normalized spacial score (nSPS) is 16.4. The van der Waals surface area contributed by atoms with Gasteiger partial charge >= 0.3 is 5.97 Å². The highest BCUT2D eigenvalue weighted by Crippen LogP contribution is 2.27. The molecule has 2 atom stereocenters. The van der Waals surface area contributed by atoms with E-state index in [0.717, 1.165) is 0 Å². The zero-order chi connectivity index (χ0) is 12.2. The monoisotopic (exact) mass is 224 g/mol. The number of hydrogen-bond donors (Lipinski definition) is 3.